The van der Waals surface area contributed by atoms with Crippen molar-refractivity contribution in [2.24, 2.45) is 0 Å². The summed E-state index contributed by atoms with van der Waals surface area (Å²) in [6.45, 7) is 1.71. The van der Waals surface area contributed by atoms with Gasteiger partial charge in [0, 0.05) is 12.5 Å². The van der Waals surface area contributed by atoms with Gasteiger partial charge in [0.05, 0.1) is 17.0 Å². The third-order valence-corrected chi connectivity index (χ3v) is 2.55. The molecule has 0 aliphatic carbocycles. The van der Waals surface area contributed by atoms with E-state index in [-0.39, 0.29) is 5.75 Å². The van der Waals surface area contributed by atoms with Gasteiger partial charge in [-0.15, -0.1) is 0 Å². The molecule has 1 heterocycles. The lowest BCUT2D eigenvalue weighted by molar-refractivity contribution is 0.601. The molecule has 4 nitrogen and oxygen atoms in total. The molecule has 0 saturated heterocycles. The maximum Gasteiger partial charge on any atom is 0.151 e. The summed E-state index contributed by atoms with van der Waals surface area (Å²) >= 11 is 0. The van der Waals surface area contributed by atoms with Gasteiger partial charge in [0.1, 0.15) is 6.07 Å². The monoisotopic (exact) mass is 210 g/mol. The molecule has 5 heteroatoms. The molecule has 0 atom stereocenters. The highest BCUT2D eigenvalue weighted by Gasteiger charge is 2.07. The van der Waals surface area contributed by atoms with Crippen LogP contribution in [0.2, 0.25) is 0 Å². The Morgan fingerprint density at radius 2 is 2.21 bits per heavy atom. The topological polar surface area (TPSA) is 70.8 Å². The molecule has 0 fully saturated rings. The van der Waals surface area contributed by atoms with Crippen LogP contribution >= 0.6 is 0 Å². The molecule has 1 aromatic heterocycles. The summed E-state index contributed by atoms with van der Waals surface area (Å²) in [5, 5.41) is 8.70. The van der Waals surface area contributed by atoms with E-state index < -0.39 is 9.84 Å². The van der Waals surface area contributed by atoms with Gasteiger partial charge in [-0.25, -0.2) is 8.42 Å². The Labute approximate surface area is 83.1 Å². The standard InChI is InChI=1S/C9H10N2O2S/c1-7-9(4-10)3-8(5-11-7)6-14(2,12)13/h3,5H,6H2,1-2H3. The van der Waals surface area contributed by atoms with Crippen molar-refractivity contribution < 1.29 is 8.42 Å². The zero-order valence-corrected chi connectivity index (χ0v) is 8.80. The van der Waals surface area contributed by atoms with Crippen molar-refractivity contribution >= 4 is 9.84 Å². The lowest BCUT2D eigenvalue weighted by atomic mass is 10.2. The lowest BCUT2D eigenvalue weighted by Crippen LogP contribution is -2.02. The largest absolute Gasteiger partial charge is 0.260 e. The van der Waals surface area contributed by atoms with Gasteiger partial charge in [0.15, 0.2) is 9.84 Å². The van der Waals surface area contributed by atoms with E-state index in [4.69, 9.17) is 5.26 Å². The van der Waals surface area contributed by atoms with Gasteiger partial charge in [-0.05, 0) is 18.6 Å². The number of nitrogens with zero attached hydrogens (tertiary/aromatic N) is 2. The molecule has 0 radical (unpaired) electrons. The van der Waals surface area contributed by atoms with Crippen molar-refractivity contribution in [3.05, 3.63) is 29.1 Å². The van der Waals surface area contributed by atoms with Gasteiger partial charge in [-0.2, -0.15) is 5.26 Å². The number of aryl methyl sites for hydroxylation is 1. The normalized spacial score (nSPS) is 10.9. The highest BCUT2D eigenvalue weighted by atomic mass is 32.2. The van der Waals surface area contributed by atoms with Crippen molar-refractivity contribution in [1.29, 1.82) is 5.26 Å². The van der Waals surface area contributed by atoms with E-state index in [9.17, 15) is 8.42 Å². The van der Waals surface area contributed by atoms with Crippen molar-refractivity contribution in [3.8, 4) is 6.07 Å². The van der Waals surface area contributed by atoms with E-state index in [0.717, 1.165) is 6.26 Å². The smallest absolute Gasteiger partial charge is 0.151 e. The van der Waals surface area contributed by atoms with E-state index >= 15 is 0 Å². The van der Waals surface area contributed by atoms with Crippen LogP contribution in [-0.2, 0) is 15.6 Å². The summed E-state index contributed by atoms with van der Waals surface area (Å²) in [6.07, 6.45) is 2.64. The number of aromatic nitrogens is 1. The zero-order chi connectivity index (χ0) is 10.8. The zero-order valence-electron chi connectivity index (χ0n) is 7.98. The summed E-state index contributed by atoms with van der Waals surface area (Å²) in [7, 11) is -3.06. The van der Waals surface area contributed by atoms with Crippen LogP contribution in [0.5, 0.6) is 0 Å². The molecule has 0 unspecified atom stereocenters. The van der Waals surface area contributed by atoms with Crippen molar-refractivity contribution in [2.75, 3.05) is 6.26 Å². The first-order valence-electron chi connectivity index (χ1n) is 3.96. The van der Waals surface area contributed by atoms with Gasteiger partial charge in [0.25, 0.3) is 0 Å². The Balaban J connectivity index is 3.09. The SMILES string of the molecule is Cc1ncc(CS(C)(=O)=O)cc1C#N. The lowest BCUT2D eigenvalue weighted by Gasteiger charge is -2.01. The maximum atomic E-state index is 11.0. The average molecular weight is 210 g/mol. The number of pyridine rings is 1. The van der Waals surface area contributed by atoms with E-state index in [0.29, 0.717) is 16.8 Å². The number of rotatable bonds is 2. The quantitative estimate of drug-likeness (QED) is 0.724. The highest BCUT2D eigenvalue weighted by Crippen LogP contribution is 2.09. The van der Waals surface area contributed by atoms with Crippen LogP contribution in [0.4, 0.5) is 0 Å². The number of hydrogen-bond donors (Lipinski definition) is 0. The number of hydrogen-bond acceptors (Lipinski definition) is 4. The van der Waals surface area contributed by atoms with Crippen LogP contribution in [0, 0.1) is 18.3 Å². The second-order valence-corrected chi connectivity index (χ2v) is 5.30. The van der Waals surface area contributed by atoms with Crippen LogP contribution in [-0.4, -0.2) is 19.7 Å². The summed E-state index contributed by atoms with van der Waals surface area (Å²) in [4.78, 5) is 3.95. The van der Waals surface area contributed by atoms with Crippen LogP contribution in [0.3, 0.4) is 0 Å². The first-order chi connectivity index (χ1) is 6.42. The fourth-order valence-electron chi connectivity index (χ4n) is 1.07. The highest BCUT2D eigenvalue weighted by molar-refractivity contribution is 7.89. The minimum absolute atomic E-state index is 0.0744. The molecule has 0 spiro atoms. The second kappa shape index (κ2) is 3.76. The molecule has 74 valence electrons. The Morgan fingerprint density at radius 1 is 1.57 bits per heavy atom. The molecule has 1 aromatic rings. The molecule has 0 saturated carbocycles. The van der Waals surface area contributed by atoms with Crippen LogP contribution in [0.25, 0.3) is 0 Å². The Morgan fingerprint density at radius 3 is 2.71 bits per heavy atom. The third-order valence-electron chi connectivity index (χ3n) is 1.69. The predicted octanol–water partition coefficient (Wildman–Crippen LogP) is 0.806. The van der Waals surface area contributed by atoms with Crippen molar-refractivity contribution in [2.45, 2.75) is 12.7 Å². The van der Waals surface area contributed by atoms with E-state index in [1.807, 2.05) is 6.07 Å². The first-order valence-corrected chi connectivity index (χ1v) is 6.02. The number of sulfone groups is 1. The molecule has 0 N–H and O–H groups in total. The van der Waals surface area contributed by atoms with Crippen molar-refractivity contribution in [1.82, 2.24) is 4.98 Å². The minimum atomic E-state index is -3.06. The van der Waals surface area contributed by atoms with Gasteiger partial charge in [-0.3, -0.25) is 4.98 Å². The fourth-order valence-corrected chi connectivity index (χ4v) is 1.83. The molecule has 0 aliphatic heterocycles. The van der Waals surface area contributed by atoms with Crippen LogP contribution < -0.4 is 0 Å². The first kappa shape index (κ1) is 10.7. The molecule has 0 aromatic carbocycles. The summed E-state index contributed by atoms with van der Waals surface area (Å²) in [5.41, 5.74) is 1.59. The molecule has 1 rings (SSSR count). The third kappa shape index (κ3) is 2.82. The Bertz CT molecular complexity index is 486. The fraction of sp³-hybridized carbons (Fsp3) is 0.333. The van der Waals surface area contributed by atoms with Gasteiger partial charge in [-0.1, -0.05) is 0 Å². The Kier molecular flexibility index (Phi) is 2.87. The molecule has 0 bridgehead atoms. The molecule has 0 amide bonds. The molecule has 0 aliphatic rings. The van der Waals surface area contributed by atoms with Gasteiger partial charge >= 0.3 is 0 Å². The van der Waals surface area contributed by atoms with E-state index in [1.165, 1.54) is 6.20 Å². The van der Waals surface area contributed by atoms with Gasteiger partial charge in [0.2, 0.25) is 0 Å². The van der Waals surface area contributed by atoms with Crippen LogP contribution in [0.15, 0.2) is 12.3 Å². The summed E-state index contributed by atoms with van der Waals surface area (Å²) in [6, 6.07) is 3.52. The van der Waals surface area contributed by atoms with Crippen molar-refractivity contribution in [3.63, 3.8) is 0 Å². The van der Waals surface area contributed by atoms with E-state index in [2.05, 4.69) is 4.98 Å². The second-order valence-electron chi connectivity index (χ2n) is 3.16. The maximum absolute atomic E-state index is 11.0. The predicted molar refractivity (Wildman–Crippen MR) is 52.2 cm³/mol. The summed E-state index contributed by atoms with van der Waals surface area (Å²) < 4.78 is 21.9. The Hall–Kier alpha value is -1.41. The number of nitriles is 1. The molecule has 14 heavy (non-hydrogen) atoms. The molecular formula is C9H10N2O2S. The minimum Gasteiger partial charge on any atom is -0.260 e. The summed E-state index contributed by atoms with van der Waals surface area (Å²) in [5.74, 6) is -0.0744. The molecular weight excluding hydrogens is 200 g/mol. The van der Waals surface area contributed by atoms with Crippen LogP contribution in [0.1, 0.15) is 16.8 Å². The van der Waals surface area contributed by atoms with Gasteiger partial charge < -0.3 is 0 Å². The van der Waals surface area contributed by atoms with E-state index in [1.54, 1.807) is 13.0 Å². The average Bonchev–Trinajstić information content (AvgIpc) is 2.06.